The summed E-state index contributed by atoms with van der Waals surface area (Å²) in [5, 5.41) is 0. The minimum absolute atomic E-state index is 0.323. The lowest BCUT2D eigenvalue weighted by Gasteiger charge is -2.30. The van der Waals surface area contributed by atoms with Crippen LogP contribution in [-0.4, -0.2) is 4.98 Å². The number of unbranched alkanes of at least 4 members (excludes halogenated alkanes) is 1. The molecule has 1 aromatic heterocycles. The van der Waals surface area contributed by atoms with Crippen molar-refractivity contribution in [3.63, 3.8) is 0 Å². The van der Waals surface area contributed by atoms with Gasteiger partial charge in [-0.05, 0) is 36.3 Å². The first-order valence-electron chi connectivity index (χ1n) is 6.54. The van der Waals surface area contributed by atoms with Gasteiger partial charge in [-0.3, -0.25) is 4.98 Å². The third-order valence-corrected chi connectivity index (χ3v) is 3.46. The van der Waals surface area contributed by atoms with Crippen LogP contribution >= 0.6 is 0 Å². The molecule has 1 nitrogen and oxygen atoms in total. The highest BCUT2D eigenvalue weighted by atomic mass is 14.6. The summed E-state index contributed by atoms with van der Waals surface area (Å²) in [6, 6.07) is 2.30. The van der Waals surface area contributed by atoms with Crippen molar-refractivity contribution in [1.82, 2.24) is 4.98 Å². The van der Waals surface area contributed by atoms with Gasteiger partial charge in [-0.2, -0.15) is 0 Å². The smallest absolute Gasteiger partial charge is 0.0305 e. The Morgan fingerprint density at radius 3 is 2.44 bits per heavy atom. The van der Waals surface area contributed by atoms with Gasteiger partial charge in [0, 0.05) is 12.4 Å². The molecule has 90 valence electrons. The highest BCUT2D eigenvalue weighted by molar-refractivity contribution is 5.25. The quantitative estimate of drug-likeness (QED) is 0.679. The van der Waals surface area contributed by atoms with Crippen molar-refractivity contribution in [1.29, 1.82) is 0 Å². The first-order valence-corrected chi connectivity index (χ1v) is 6.54. The average Bonchev–Trinajstić information content (AvgIpc) is 2.27. The van der Waals surface area contributed by atoms with E-state index in [2.05, 4.69) is 44.9 Å². The number of hydrogen-bond donors (Lipinski definition) is 0. The molecule has 0 radical (unpaired) electrons. The summed E-state index contributed by atoms with van der Waals surface area (Å²) in [4.78, 5) is 4.34. The SMILES string of the molecule is CCCCC(C)(CCC)c1cncc(C)c1. The molecule has 0 aliphatic carbocycles. The standard InChI is InChI=1S/C15H25N/c1-5-7-9-15(4,8-6-2)14-10-13(3)11-16-12-14/h10-12H,5-9H2,1-4H3. The van der Waals surface area contributed by atoms with Crippen LogP contribution in [0.1, 0.15) is 64.0 Å². The molecule has 1 heteroatoms. The van der Waals surface area contributed by atoms with Gasteiger partial charge in [-0.25, -0.2) is 0 Å². The second kappa shape index (κ2) is 6.03. The van der Waals surface area contributed by atoms with Crippen molar-refractivity contribution >= 4 is 0 Å². The number of nitrogens with zero attached hydrogens (tertiary/aromatic N) is 1. The number of aromatic nitrogens is 1. The van der Waals surface area contributed by atoms with Crippen LogP contribution in [0.2, 0.25) is 0 Å². The van der Waals surface area contributed by atoms with Gasteiger partial charge < -0.3 is 0 Å². The van der Waals surface area contributed by atoms with Gasteiger partial charge in [0.1, 0.15) is 0 Å². The molecule has 0 aliphatic rings. The van der Waals surface area contributed by atoms with Crippen LogP contribution in [0.15, 0.2) is 18.5 Å². The van der Waals surface area contributed by atoms with Crippen LogP contribution in [-0.2, 0) is 5.41 Å². The lowest BCUT2D eigenvalue weighted by atomic mass is 9.75. The van der Waals surface area contributed by atoms with Crippen molar-refractivity contribution in [3.05, 3.63) is 29.6 Å². The molecule has 0 N–H and O–H groups in total. The zero-order valence-electron chi connectivity index (χ0n) is 11.2. The highest BCUT2D eigenvalue weighted by Crippen LogP contribution is 2.34. The lowest BCUT2D eigenvalue weighted by molar-refractivity contribution is 0.381. The van der Waals surface area contributed by atoms with Gasteiger partial charge in [0.15, 0.2) is 0 Å². The largest absolute Gasteiger partial charge is 0.264 e. The molecule has 0 aromatic carbocycles. The summed E-state index contributed by atoms with van der Waals surface area (Å²) in [5.41, 5.74) is 3.02. The van der Waals surface area contributed by atoms with E-state index in [0.29, 0.717) is 5.41 Å². The maximum absolute atomic E-state index is 4.34. The van der Waals surface area contributed by atoms with Crippen LogP contribution in [0.3, 0.4) is 0 Å². The maximum Gasteiger partial charge on any atom is 0.0305 e. The Balaban J connectivity index is 2.91. The van der Waals surface area contributed by atoms with Crippen molar-refractivity contribution in [2.24, 2.45) is 0 Å². The Bertz CT molecular complexity index is 319. The molecule has 1 atom stereocenters. The summed E-state index contributed by atoms with van der Waals surface area (Å²) >= 11 is 0. The fourth-order valence-electron chi connectivity index (χ4n) is 2.42. The number of rotatable bonds is 6. The van der Waals surface area contributed by atoms with Crippen molar-refractivity contribution in [2.75, 3.05) is 0 Å². The Labute approximate surface area is 100 Å². The predicted molar refractivity (Wildman–Crippen MR) is 70.8 cm³/mol. The summed E-state index contributed by atoms with van der Waals surface area (Å²) in [6.07, 6.45) is 10.4. The molecule has 0 amide bonds. The van der Waals surface area contributed by atoms with E-state index in [1.54, 1.807) is 0 Å². The van der Waals surface area contributed by atoms with E-state index in [1.165, 1.54) is 43.2 Å². The normalized spacial score (nSPS) is 14.8. The molecular formula is C15H25N. The number of hydrogen-bond acceptors (Lipinski definition) is 1. The van der Waals surface area contributed by atoms with Crippen LogP contribution < -0.4 is 0 Å². The first kappa shape index (κ1) is 13.2. The van der Waals surface area contributed by atoms with Gasteiger partial charge in [-0.15, -0.1) is 0 Å². The van der Waals surface area contributed by atoms with E-state index in [0.717, 1.165) is 0 Å². The van der Waals surface area contributed by atoms with E-state index in [1.807, 2.05) is 6.20 Å². The Morgan fingerprint density at radius 2 is 1.88 bits per heavy atom. The zero-order chi connectivity index (χ0) is 12.0. The second-order valence-corrected chi connectivity index (χ2v) is 5.17. The number of pyridine rings is 1. The molecule has 0 aliphatic heterocycles. The van der Waals surface area contributed by atoms with Gasteiger partial charge in [0.2, 0.25) is 0 Å². The van der Waals surface area contributed by atoms with E-state index in [4.69, 9.17) is 0 Å². The van der Waals surface area contributed by atoms with E-state index in [-0.39, 0.29) is 0 Å². The summed E-state index contributed by atoms with van der Waals surface area (Å²) in [6.45, 7) is 9.06. The minimum Gasteiger partial charge on any atom is -0.264 e. The fourth-order valence-corrected chi connectivity index (χ4v) is 2.42. The van der Waals surface area contributed by atoms with Gasteiger partial charge >= 0.3 is 0 Å². The average molecular weight is 219 g/mol. The van der Waals surface area contributed by atoms with Crippen molar-refractivity contribution in [2.45, 2.75) is 65.2 Å². The third kappa shape index (κ3) is 3.33. The van der Waals surface area contributed by atoms with E-state index >= 15 is 0 Å². The molecule has 1 heterocycles. The van der Waals surface area contributed by atoms with Crippen LogP contribution in [0.5, 0.6) is 0 Å². The predicted octanol–water partition coefficient (Wildman–Crippen LogP) is 4.64. The molecule has 1 aromatic rings. The van der Waals surface area contributed by atoms with Gasteiger partial charge in [-0.1, -0.05) is 46.1 Å². The molecule has 0 fully saturated rings. The van der Waals surface area contributed by atoms with E-state index in [9.17, 15) is 0 Å². The molecule has 0 saturated heterocycles. The Morgan fingerprint density at radius 1 is 1.12 bits per heavy atom. The van der Waals surface area contributed by atoms with Gasteiger partial charge in [0.25, 0.3) is 0 Å². The fraction of sp³-hybridized carbons (Fsp3) is 0.667. The van der Waals surface area contributed by atoms with E-state index < -0.39 is 0 Å². The van der Waals surface area contributed by atoms with Gasteiger partial charge in [0.05, 0.1) is 0 Å². The molecule has 1 rings (SSSR count). The Hall–Kier alpha value is -0.850. The molecule has 0 spiro atoms. The Kier molecular flexibility index (Phi) is 4.98. The first-order chi connectivity index (χ1) is 7.62. The topological polar surface area (TPSA) is 12.9 Å². The molecule has 0 bridgehead atoms. The van der Waals surface area contributed by atoms with Crippen molar-refractivity contribution < 1.29 is 0 Å². The second-order valence-electron chi connectivity index (χ2n) is 5.17. The molecule has 0 saturated carbocycles. The summed E-state index contributed by atoms with van der Waals surface area (Å²) < 4.78 is 0. The third-order valence-electron chi connectivity index (χ3n) is 3.46. The maximum atomic E-state index is 4.34. The van der Waals surface area contributed by atoms with Crippen molar-refractivity contribution in [3.8, 4) is 0 Å². The molecule has 16 heavy (non-hydrogen) atoms. The van der Waals surface area contributed by atoms with Crippen LogP contribution in [0, 0.1) is 6.92 Å². The number of aryl methyl sites for hydroxylation is 1. The van der Waals surface area contributed by atoms with Crippen LogP contribution in [0.4, 0.5) is 0 Å². The summed E-state index contributed by atoms with van der Waals surface area (Å²) in [5.74, 6) is 0. The zero-order valence-corrected chi connectivity index (χ0v) is 11.2. The summed E-state index contributed by atoms with van der Waals surface area (Å²) in [7, 11) is 0. The molecule has 1 unspecified atom stereocenters. The lowest BCUT2D eigenvalue weighted by Crippen LogP contribution is -2.22. The van der Waals surface area contributed by atoms with Crippen LogP contribution in [0.25, 0.3) is 0 Å². The monoisotopic (exact) mass is 219 g/mol. The minimum atomic E-state index is 0.323. The highest BCUT2D eigenvalue weighted by Gasteiger charge is 2.25. The molecular weight excluding hydrogens is 194 g/mol.